The molecule has 1 amide bonds. The summed E-state index contributed by atoms with van der Waals surface area (Å²) in [5.41, 5.74) is 0. The Bertz CT molecular complexity index is 1150. The Kier molecular flexibility index (Phi) is 59.0. The first-order chi connectivity index (χ1) is 35.0. The number of hydrogen-bond acceptors (Lipinski definition) is 5. The average Bonchev–Trinajstić information content (AvgIpc) is 3.37. The van der Waals surface area contributed by atoms with Crippen LogP contribution in [-0.4, -0.2) is 47.4 Å². The lowest BCUT2D eigenvalue weighted by atomic mass is 10.0. The summed E-state index contributed by atoms with van der Waals surface area (Å²) in [6.45, 7) is 4.94. The molecule has 0 aromatic heterocycles. The molecule has 3 N–H and O–H groups in total. The number of unbranched alkanes of at least 4 members (excludes halogenated alkanes) is 42. The Balaban J connectivity index is 3.44. The van der Waals surface area contributed by atoms with Crippen LogP contribution in [-0.2, 0) is 14.3 Å². The van der Waals surface area contributed by atoms with E-state index >= 15 is 0 Å². The normalized spacial score (nSPS) is 12.8. The monoisotopic (exact) mass is 998 g/mol. The van der Waals surface area contributed by atoms with E-state index in [1.807, 2.05) is 0 Å². The fraction of sp³-hybridized carbons (Fsp3) is 0.877. The highest BCUT2D eigenvalue weighted by atomic mass is 16.5. The third kappa shape index (κ3) is 57.2. The fourth-order valence-corrected chi connectivity index (χ4v) is 9.78. The van der Waals surface area contributed by atoms with E-state index in [2.05, 4.69) is 55.6 Å². The van der Waals surface area contributed by atoms with Crippen LogP contribution >= 0.6 is 0 Å². The molecule has 2 atom stereocenters. The highest BCUT2D eigenvalue weighted by molar-refractivity contribution is 5.76. The lowest BCUT2D eigenvalue weighted by Gasteiger charge is -2.22. The van der Waals surface area contributed by atoms with Crippen molar-refractivity contribution in [3.63, 3.8) is 0 Å². The second-order valence-electron chi connectivity index (χ2n) is 21.7. The first kappa shape index (κ1) is 69.1. The predicted octanol–water partition coefficient (Wildman–Crippen LogP) is 20.0. The standard InChI is InChI=1S/C65H123NO5/c1-3-5-7-9-11-13-15-17-19-21-26-29-33-37-41-45-49-53-57-63(68)62(61-67)66-64(69)58-54-50-46-42-38-34-30-27-24-22-23-25-28-32-36-40-44-48-52-56-60-71-65(70)59-55-51-47-43-39-35-31-20-18-16-14-12-10-8-6-4-2/h14,16,20,22,24,31,62-63,67-68H,3-13,15,17-19,21,23,25-30,32-61H2,1-2H3,(H,66,69)/b16-14-,24-22-,31-20-. The molecule has 0 bridgehead atoms. The number of amides is 1. The Hall–Kier alpha value is -1.92. The number of allylic oxidation sites excluding steroid dienone is 6. The Labute approximate surface area is 443 Å². The topological polar surface area (TPSA) is 95.9 Å². The summed E-state index contributed by atoms with van der Waals surface area (Å²) >= 11 is 0. The summed E-state index contributed by atoms with van der Waals surface area (Å²) in [6.07, 6.45) is 75.8. The minimum atomic E-state index is -0.671. The van der Waals surface area contributed by atoms with E-state index in [0.29, 0.717) is 25.9 Å². The molecule has 2 unspecified atom stereocenters. The molecule has 0 fully saturated rings. The van der Waals surface area contributed by atoms with Crippen LogP contribution in [0.3, 0.4) is 0 Å². The number of aliphatic hydroxyl groups excluding tert-OH is 2. The van der Waals surface area contributed by atoms with Crippen LogP contribution in [0.5, 0.6) is 0 Å². The van der Waals surface area contributed by atoms with Crippen molar-refractivity contribution in [1.82, 2.24) is 5.32 Å². The summed E-state index contributed by atoms with van der Waals surface area (Å²) in [6, 6.07) is -0.549. The zero-order valence-corrected chi connectivity index (χ0v) is 47.7. The van der Waals surface area contributed by atoms with Crippen molar-refractivity contribution in [2.75, 3.05) is 13.2 Å². The van der Waals surface area contributed by atoms with Gasteiger partial charge in [0, 0.05) is 12.8 Å². The maximum Gasteiger partial charge on any atom is 0.305 e. The number of esters is 1. The zero-order valence-electron chi connectivity index (χ0n) is 47.7. The second-order valence-corrected chi connectivity index (χ2v) is 21.7. The van der Waals surface area contributed by atoms with E-state index in [4.69, 9.17) is 4.74 Å². The molecule has 0 heterocycles. The first-order valence-corrected chi connectivity index (χ1v) is 31.7. The van der Waals surface area contributed by atoms with Gasteiger partial charge in [0.25, 0.3) is 0 Å². The molecule has 0 saturated heterocycles. The smallest absolute Gasteiger partial charge is 0.305 e. The van der Waals surface area contributed by atoms with E-state index < -0.39 is 12.1 Å². The Morgan fingerprint density at radius 2 is 0.704 bits per heavy atom. The molecule has 6 heteroatoms. The van der Waals surface area contributed by atoms with Crippen LogP contribution in [0.2, 0.25) is 0 Å². The molecule has 0 aliphatic carbocycles. The van der Waals surface area contributed by atoms with Gasteiger partial charge in [-0.15, -0.1) is 0 Å². The van der Waals surface area contributed by atoms with Crippen molar-refractivity contribution < 1.29 is 24.5 Å². The fourth-order valence-electron chi connectivity index (χ4n) is 9.78. The van der Waals surface area contributed by atoms with Gasteiger partial charge in [0.1, 0.15) is 0 Å². The van der Waals surface area contributed by atoms with E-state index in [1.165, 1.54) is 257 Å². The molecule has 0 radical (unpaired) electrons. The number of carbonyl (C=O) groups is 2. The molecular formula is C65H123NO5. The quantitative estimate of drug-likeness (QED) is 0.0321. The second kappa shape index (κ2) is 60.6. The van der Waals surface area contributed by atoms with Crippen LogP contribution in [0.15, 0.2) is 36.5 Å². The van der Waals surface area contributed by atoms with Crippen molar-refractivity contribution in [3.05, 3.63) is 36.5 Å². The van der Waals surface area contributed by atoms with Gasteiger partial charge in [-0.3, -0.25) is 9.59 Å². The van der Waals surface area contributed by atoms with E-state index in [-0.39, 0.29) is 18.5 Å². The van der Waals surface area contributed by atoms with Gasteiger partial charge in [0.15, 0.2) is 0 Å². The minimum Gasteiger partial charge on any atom is -0.466 e. The van der Waals surface area contributed by atoms with Crippen LogP contribution in [0.1, 0.15) is 341 Å². The van der Waals surface area contributed by atoms with Crippen molar-refractivity contribution in [3.8, 4) is 0 Å². The van der Waals surface area contributed by atoms with Crippen molar-refractivity contribution >= 4 is 11.9 Å². The van der Waals surface area contributed by atoms with E-state index in [0.717, 1.165) is 51.4 Å². The number of aliphatic hydroxyl groups is 2. The van der Waals surface area contributed by atoms with Crippen molar-refractivity contribution in [1.29, 1.82) is 0 Å². The van der Waals surface area contributed by atoms with Crippen LogP contribution in [0, 0.1) is 0 Å². The third-order valence-corrected chi connectivity index (χ3v) is 14.7. The lowest BCUT2D eigenvalue weighted by Crippen LogP contribution is -2.45. The maximum absolute atomic E-state index is 12.5. The first-order valence-electron chi connectivity index (χ1n) is 31.7. The molecule has 0 spiro atoms. The maximum atomic E-state index is 12.5. The lowest BCUT2D eigenvalue weighted by molar-refractivity contribution is -0.143. The number of carbonyl (C=O) groups excluding carboxylic acids is 2. The number of nitrogens with one attached hydrogen (secondary N) is 1. The SMILES string of the molecule is CCCCCC/C=C\C/C=C\CCCCCCCC(=O)OCCCCCCCCCCC/C=C\CCCCCCCCCC(=O)NC(CO)C(O)CCCCCCCCCCCCCCCCCCCC. The average molecular weight is 999 g/mol. The summed E-state index contributed by atoms with van der Waals surface area (Å²) < 4.78 is 5.48. The van der Waals surface area contributed by atoms with Gasteiger partial charge in [0.05, 0.1) is 25.4 Å². The molecular weight excluding hydrogens is 875 g/mol. The van der Waals surface area contributed by atoms with Crippen LogP contribution in [0.4, 0.5) is 0 Å². The van der Waals surface area contributed by atoms with E-state index in [9.17, 15) is 19.8 Å². The number of ether oxygens (including phenoxy) is 1. The molecule has 0 aliphatic heterocycles. The van der Waals surface area contributed by atoms with Gasteiger partial charge in [-0.05, 0) is 83.5 Å². The number of hydrogen-bond donors (Lipinski definition) is 3. The molecule has 0 rings (SSSR count). The summed E-state index contributed by atoms with van der Waals surface area (Å²) in [7, 11) is 0. The van der Waals surface area contributed by atoms with Crippen molar-refractivity contribution in [2.45, 2.75) is 353 Å². The molecule has 0 aromatic rings. The van der Waals surface area contributed by atoms with Gasteiger partial charge < -0.3 is 20.3 Å². The molecule has 0 saturated carbocycles. The molecule has 71 heavy (non-hydrogen) atoms. The summed E-state index contributed by atoms with van der Waals surface area (Å²) in [5.74, 6) is -0.0486. The molecule has 0 aliphatic rings. The van der Waals surface area contributed by atoms with Gasteiger partial charge >= 0.3 is 5.97 Å². The Morgan fingerprint density at radius 1 is 0.394 bits per heavy atom. The largest absolute Gasteiger partial charge is 0.466 e. The zero-order chi connectivity index (χ0) is 51.4. The highest BCUT2D eigenvalue weighted by Gasteiger charge is 2.20. The molecule has 6 nitrogen and oxygen atoms in total. The Morgan fingerprint density at radius 3 is 1.10 bits per heavy atom. The number of rotatable bonds is 59. The van der Waals surface area contributed by atoms with Crippen LogP contribution in [0.25, 0.3) is 0 Å². The molecule has 0 aromatic carbocycles. The molecule has 418 valence electrons. The summed E-state index contributed by atoms with van der Waals surface area (Å²) in [5, 5.41) is 23.3. The van der Waals surface area contributed by atoms with Gasteiger partial charge in [-0.25, -0.2) is 0 Å². The van der Waals surface area contributed by atoms with Gasteiger partial charge in [0.2, 0.25) is 5.91 Å². The van der Waals surface area contributed by atoms with Crippen molar-refractivity contribution in [2.24, 2.45) is 0 Å². The van der Waals surface area contributed by atoms with Crippen LogP contribution < -0.4 is 5.32 Å². The third-order valence-electron chi connectivity index (χ3n) is 14.7. The highest BCUT2D eigenvalue weighted by Crippen LogP contribution is 2.17. The minimum absolute atomic E-state index is 0.00694. The van der Waals surface area contributed by atoms with Gasteiger partial charge in [-0.1, -0.05) is 281 Å². The van der Waals surface area contributed by atoms with Gasteiger partial charge in [-0.2, -0.15) is 0 Å². The summed E-state index contributed by atoms with van der Waals surface area (Å²) in [4.78, 5) is 24.6. The predicted molar refractivity (Wildman–Crippen MR) is 310 cm³/mol. The van der Waals surface area contributed by atoms with E-state index in [1.54, 1.807) is 0 Å².